The Morgan fingerprint density at radius 2 is 1.56 bits per heavy atom. The van der Waals surface area contributed by atoms with E-state index in [4.69, 9.17) is 25.6 Å². The van der Waals surface area contributed by atoms with Crippen molar-refractivity contribution in [2.45, 2.75) is 0 Å². The minimum absolute atomic E-state index is 0.0612. The van der Waals surface area contributed by atoms with E-state index in [2.05, 4.69) is 15.5 Å². The van der Waals surface area contributed by atoms with Gasteiger partial charge in [0.1, 0.15) is 18.9 Å². The van der Waals surface area contributed by atoms with Crippen molar-refractivity contribution >= 4 is 33.8 Å². The second-order valence-corrected chi connectivity index (χ2v) is 7.73. The second kappa shape index (κ2) is 9.90. The van der Waals surface area contributed by atoms with Gasteiger partial charge in [-0.2, -0.15) is 0 Å². The molecule has 4 aromatic heterocycles. The van der Waals surface area contributed by atoms with Crippen molar-refractivity contribution in [1.82, 2.24) is 19.2 Å². The number of pyridine rings is 2. The zero-order chi connectivity index (χ0) is 25.1. The average molecular weight is 489 g/mol. The van der Waals surface area contributed by atoms with E-state index in [0.717, 1.165) is 5.52 Å². The van der Waals surface area contributed by atoms with E-state index in [1.54, 1.807) is 27.5 Å². The summed E-state index contributed by atoms with van der Waals surface area (Å²) in [6.45, 7) is -0.203. The van der Waals surface area contributed by atoms with Crippen molar-refractivity contribution in [1.29, 1.82) is 5.41 Å². The molecule has 12 nitrogen and oxygen atoms in total. The van der Waals surface area contributed by atoms with Gasteiger partial charge in [-0.3, -0.25) is 5.41 Å². The molecule has 0 aliphatic heterocycles. The standard InChI is InChI=1S/C24H24N8O4/c25-15-13-16(26)18(28-22-20-6-2-4-8-32(20)30-24(22)36-12-10-34)14-17(15)27-21-19-5-1-3-7-31(19)29-23(21)35-11-9-33/h1-8,13-14,25,27,33-34H,9-12,26H2/b25-15?,28-18-. The molecule has 184 valence electrons. The lowest BCUT2D eigenvalue weighted by Gasteiger charge is -2.16. The first-order valence-electron chi connectivity index (χ1n) is 11.1. The molecule has 1 aliphatic carbocycles. The van der Waals surface area contributed by atoms with Crippen molar-refractivity contribution in [3.8, 4) is 11.8 Å². The summed E-state index contributed by atoms with van der Waals surface area (Å²) in [4.78, 5) is 4.72. The fourth-order valence-electron chi connectivity index (χ4n) is 3.71. The van der Waals surface area contributed by atoms with E-state index < -0.39 is 0 Å². The summed E-state index contributed by atoms with van der Waals surface area (Å²) < 4.78 is 14.5. The van der Waals surface area contributed by atoms with Crippen LogP contribution < -0.4 is 20.5 Å². The third kappa shape index (κ3) is 4.37. The summed E-state index contributed by atoms with van der Waals surface area (Å²) in [5.41, 5.74) is 9.90. The number of ether oxygens (including phenoxy) is 2. The Balaban J connectivity index is 1.56. The van der Waals surface area contributed by atoms with Crippen molar-refractivity contribution in [3.05, 3.63) is 72.3 Å². The summed E-state index contributed by atoms with van der Waals surface area (Å²) in [5, 5.41) is 38.9. The van der Waals surface area contributed by atoms with Gasteiger partial charge < -0.3 is 30.7 Å². The van der Waals surface area contributed by atoms with Gasteiger partial charge >= 0.3 is 0 Å². The summed E-state index contributed by atoms with van der Waals surface area (Å²) in [6, 6.07) is 11.1. The number of aromatic nitrogens is 4. The van der Waals surface area contributed by atoms with Crippen LogP contribution in [0.1, 0.15) is 0 Å². The van der Waals surface area contributed by atoms with Crippen molar-refractivity contribution in [2.75, 3.05) is 31.7 Å². The lowest BCUT2D eigenvalue weighted by atomic mass is 10.0. The number of hydrogen-bond acceptors (Lipinski definition) is 10. The van der Waals surface area contributed by atoms with E-state index in [-0.39, 0.29) is 43.9 Å². The number of nitrogens with two attached hydrogens (primary N) is 1. The van der Waals surface area contributed by atoms with E-state index in [0.29, 0.717) is 34.0 Å². The summed E-state index contributed by atoms with van der Waals surface area (Å²) >= 11 is 0. The smallest absolute Gasteiger partial charge is 0.260 e. The Labute approximate surface area is 205 Å². The first-order valence-corrected chi connectivity index (χ1v) is 11.1. The molecule has 1 aliphatic rings. The normalized spacial score (nSPS) is 14.8. The third-order valence-corrected chi connectivity index (χ3v) is 5.31. The third-order valence-electron chi connectivity index (χ3n) is 5.31. The van der Waals surface area contributed by atoms with Gasteiger partial charge in [0.05, 0.1) is 47.1 Å². The van der Waals surface area contributed by atoms with E-state index in [9.17, 15) is 10.2 Å². The Hall–Kier alpha value is -4.68. The molecule has 0 spiro atoms. The Kier molecular flexibility index (Phi) is 6.34. The lowest BCUT2D eigenvalue weighted by Crippen LogP contribution is -2.22. The zero-order valence-corrected chi connectivity index (χ0v) is 19.1. The topological polar surface area (TPSA) is 168 Å². The molecule has 0 unspecified atom stereocenters. The first kappa shape index (κ1) is 23.1. The molecule has 0 saturated carbocycles. The van der Waals surface area contributed by atoms with Gasteiger partial charge in [-0.15, -0.1) is 10.2 Å². The maximum atomic E-state index is 9.20. The fourth-order valence-corrected chi connectivity index (χ4v) is 3.71. The van der Waals surface area contributed by atoms with Gasteiger partial charge in [-0.25, -0.2) is 14.0 Å². The lowest BCUT2D eigenvalue weighted by molar-refractivity contribution is 0.197. The molecule has 12 heteroatoms. The van der Waals surface area contributed by atoms with Crippen LogP contribution >= 0.6 is 0 Å². The Bertz CT molecular complexity index is 1530. The van der Waals surface area contributed by atoms with Crippen LogP contribution in [-0.2, 0) is 0 Å². The van der Waals surface area contributed by atoms with Crippen LogP contribution in [-0.4, -0.2) is 67.3 Å². The molecule has 0 bridgehead atoms. The number of aliphatic imine (C=N–C) groups is 1. The predicted octanol–water partition coefficient (Wildman–Crippen LogP) is 1.67. The molecule has 0 fully saturated rings. The average Bonchev–Trinajstić information content (AvgIpc) is 3.42. The van der Waals surface area contributed by atoms with Crippen LogP contribution in [0.2, 0.25) is 0 Å². The molecule has 0 aromatic carbocycles. The number of aliphatic hydroxyl groups excluding tert-OH is 2. The molecule has 0 radical (unpaired) electrons. The molecular formula is C24H24N8O4. The van der Waals surface area contributed by atoms with E-state index >= 15 is 0 Å². The van der Waals surface area contributed by atoms with Gasteiger partial charge in [0.15, 0.2) is 5.69 Å². The molecule has 6 N–H and O–H groups in total. The Morgan fingerprint density at radius 3 is 2.28 bits per heavy atom. The summed E-state index contributed by atoms with van der Waals surface area (Å²) in [6.07, 6.45) is 6.70. The van der Waals surface area contributed by atoms with Gasteiger partial charge in [-0.05, 0) is 36.4 Å². The van der Waals surface area contributed by atoms with E-state index in [1.165, 1.54) is 6.08 Å². The molecule has 4 heterocycles. The number of fused-ring (bicyclic) bond motifs is 2. The quantitative estimate of drug-likeness (QED) is 0.222. The molecular weight excluding hydrogens is 464 g/mol. The summed E-state index contributed by atoms with van der Waals surface area (Å²) in [7, 11) is 0. The number of rotatable bonds is 9. The molecule has 5 rings (SSSR count). The largest absolute Gasteiger partial charge is 0.473 e. The van der Waals surface area contributed by atoms with Crippen molar-refractivity contribution < 1.29 is 19.7 Å². The monoisotopic (exact) mass is 488 g/mol. The second-order valence-electron chi connectivity index (χ2n) is 7.73. The SMILES string of the molecule is N=C1C=C(N)/C(=N\c2c(OCCO)nn3ccccc23)C=C1Nc1c(OCCO)nn2ccccc12. The van der Waals surface area contributed by atoms with Gasteiger partial charge in [0.2, 0.25) is 0 Å². The van der Waals surface area contributed by atoms with Gasteiger partial charge in [-0.1, -0.05) is 12.1 Å². The van der Waals surface area contributed by atoms with E-state index in [1.807, 2.05) is 36.4 Å². The van der Waals surface area contributed by atoms with Crippen LogP contribution in [0, 0.1) is 5.41 Å². The zero-order valence-electron chi connectivity index (χ0n) is 19.1. The maximum Gasteiger partial charge on any atom is 0.260 e. The minimum atomic E-state index is -0.169. The maximum absolute atomic E-state index is 9.20. The molecule has 0 amide bonds. The number of allylic oxidation sites excluding steroid dienone is 2. The highest BCUT2D eigenvalue weighted by atomic mass is 16.5. The highest BCUT2D eigenvalue weighted by Crippen LogP contribution is 2.34. The van der Waals surface area contributed by atoms with Crippen LogP contribution in [0.4, 0.5) is 11.4 Å². The number of nitrogens with one attached hydrogen (secondary N) is 2. The predicted molar refractivity (Wildman–Crippen MR) is 134 cm³/mol. The summed E-state index contributed by atoms with van der Waals surface area (Å²) in [5.74, 6) is 0.536. The van der Waals surface area contributed by atoms with Crippen LogP contribution in [0.3, 0.4) is 0 Å². The van der Waals surface area contributed by atoms with Crippen molar-refractivity contribution in [3.63, 3.8) is 0 Å². The fraction of sp³-hybridized carbons (Fsp3) is 0.167. The molecule has 0 atom stereocenters. The number of anilines is 1. The molecule has 0 saturated heterocycles. The number of aliphatic hydroxyl groups is 2. The minimum Gasteiger partial charge on any atom is -0.473 e. The Morgan fingerprint density at radius 1 is 0.917 bits per heavy atom. The highest BCUT2D eigenvalue weighted by Gasteiger charge is 2.21. The highest BCUT2D eigenvalue weighted by molar-refractivity contribution is 6.24. The number of hydrogen-bond donors (Lipinski definition) is 5. The molecule has 36 heavy (non-hydrogen) atoms. The number of nitrogens with zero attached hydrogens (tertiary/aromatic N) is 5. The van der Waals surface area contributed by atoms with Crippen molar-refractivity contribution in [2.24, 2.45) is 10.7 Å². The van der Waals surface area contributed by atoms with Crippen LogP contribution in [0.15, 0.2) is 77.3 Å². The first-order chi connectivity index (χ1) is 17.6. The van der Waals surface area contributed by atoms with Gasteiger partial charge in [0.25, 0.3) is 11.8 Å². The van der Waals surface area contributed by atoms with Gasteiger partial charge in [0, 0.05) is 12.4 Å². The van der Waals surface area contributed by atoms with Crippen LogP contribution in [0.5, 0.6) is 11.8 Å². The van der Waals surface area contributed by atoms with Crippen LogP contribution in [0.25, 0.3) is 11.0 Å². The molecule has 4 aromatic rings.